The first-order valence-corrected chi connectivity index (χ1v) is 9.48. The van der Waals surface area contributed by atoms with Crippen LogP contribution in [0.25, 0.3) is 22.3 Å². The zero-order chi connectivity index (χ0) is 19.1. The normalized spacial score (nSPS) is 18.7. The van der Waals surface area contributed by atoms with Crippen LogP contribution in [0.1, 0.15) is 0 Å². The Bertz CT molecular complexity index is 1030. The zero-order valence-electron chi connectivity index (χ0n) is 15.7. The minimum absolute atomic E-state index is 0.0303. The van der Waals surface area contributed by atoms with Gasteiger partial charge in [-0.15, -0.1) is 0 Å². The summed E-state index contributed by atoms with van der Waals surface area (Å²) in [6, 6.07) is 8.31. The summed E-state index contributed by atoms with van der Waals surface area (Å²) in [5.74, 6) is 1.54. The van der Waals surface area contributed by atoms with E-state index in [9.17, 15) is 4.79 Å². The Labute approximate surface area is 162 Å². The van der Waals surface area contributed by atoms with Crippen molar-refractivity contribution in [2.75, 3.05) is 49.7 Å². The molecule has 8 nitrogen and oxygen atoms in total. The van der Waals surface area contributed by atoms with Crippen LogP contribution in [0, 0.1) is 0 Å². The fourth-order valence-corrected chi connectivity index (χ4v) is 4.05. The lowest BCUT2D eigenvalue weighted by atomic mass is 10.1. The van der Waals surface area contributed by atoms with E-state index in [1.165, 1.54) is 0 Å². The zero-order valence-corrected chi connectivity index (χ0v) is 15.7. The number of carbonyl (C=O) groups is 1. The summed E-state index contributed by atoms with van der Waals surface area (Å²) in [6.45, 7) is 3.10. The van der Waals surface area contributed by atoms with Gasteiger partial charge in [0.1, 0.15) is 0 Å². The third-order valence-corrected chi connectivity index (χ3v) is 5.47. The average molecular weight is 378 g/mol. The number of anilines is 2. The average Bonchev–Trinajstić information content (AvgIpc) is 3.22. The Morgan fingerprint density at radius 3 is 3.21 bits per heavy atom. The van der Waals surface area contributed by atoms with Crippen LogP contribution in [-0.2, 0) is 9.53 Å². The van der Waals surface area contributed by atoms with Crippen LogP contribution >= 0.6 is 0 Å². The molecule has 3 aromatic rings. The van der Waals surface area contributed by atoms with Crippen molar-refractivity contribution < 1.29 is 9.53 Å². The third kappa shape index (κ3) is 2.77. The molecular weight excluding hydrogens is 356 g/mol. The summed E-state index contributed by atoms with van der Waals surface area (Å²) < 4.78 is 5.68. The van der Waals surface area contributed by atoms with Crippen LogP contribution < -0.4 is 15.1 Å². The molecule has 1 amide bonds. The van der Waals surface area contributed by atoms with E-state index in [1.54, 1.807) is 7.05 Å². The Hall–Kier alpha value is -3.13. The first kappa shape index (κ1) is 17.0. The van der Waals surface area contributed by atoms with Gasteiger partial charge in [0.15, 0.2) is 11.6 Å². The molecule has 0 saturated carbocycles. The molecule has 2 aromatic heterocycles. The number of carbonyl (C=O) groups excluding carboxylic acids is 1. The van der Waals surface area contributed by atoms with Gasteiger partial charge in [0, 0.05) is 42.8 Å². The number of likely N-dealkylation sites (N-methyl/N-ethyl adjacent to an activating group) is 1. The molecular formula is C20H22N6O2. The number of ether oxygens (including phenoxy) is 1. The lowest BCUT2D eigenvalue weighted by molar-refractivity contribution is -0.119. The summed E-state index contributed by atoms with van der Waals surface area (Å²) in [5.41, 5.74) is 2.95. The number of benzene rings is 1. The van der Waals surface area contributed by atoms with E-state index in [4.69, 9.17) is 9.72 Å². The number of rotatable bonds is 3. The molecule has 4 heterocycles. The minimum Gasteiger partial charge on any atom is -0.377 e. The molecule has 1 saturated heterocycles. The number of nitrogens with one attached hydrogen (secondary N) is 2. The smallest absolute Gasteiger partial charge is 0.239 e. The van der Waals surface area contributed by atoms with E-state index in [2.05, 4.69) is 20.2 Å². The van der Waals surface area contributed by atoms with Crippen molar-refractivity contribution in [2.24, 2.45) is 0 Å². The molecule has 0 bridgehead atoms. The van der Waals surface area contributed by atoms with Gasteiger partial charge in [-0.1, -0.05) is 12.1 Å². The molecule has 1 fully saturated rings. The quantitative estimate of drug-likeness (QED) is 0.716. The summed E-state index contributed by atoms with van der Waals surface area (Å²) in [6.07, 6.45) is 3.77. The highest BCUT2D eigenvalue weighted by Gasteiger charge is 2.35. The highest BCUT2D eigenvalue weighted by Crippen LogP contribution is 2.36. The molecule has 5 rings (SSSR count). The van der Waals surface area contributed by atoms with Gasteiger partial charge in [0.2, 0.25) is 5.91 Å². The fourth-order valence-electron chi connectivity index (χ4n) is 4.05. The number of aromatic nitrogens is 3. The van der Waals surface area contributed by atoms with Crippen molar-refractivity contribution in [3.63, 3.8) is 0 Å². The van der Waals surface area contributed by atoms with Crippen LogP contribution in [-0.4, -0.2) is 66.8 Å². The topological polar surface area (TPSA) is 86.4 Å². The Morgan fingerprint density at radius 1 is 1.39 bits per heavy atom. The molecule has 1 atom stereocenters. The molecule has 8 heteroatoms. The van der Waals surface area contributed by atoms with E-state index < -0.39 is 0 Å². The predicted molar refractivity (Wildman–Crippen MR) is 108 cm³/mol. The Balaban J connectivity index is 1.61. The fraction of sp³-hybridized carbons (Fsp3) is 0.350. The van der Waals surface area contributed by atoms with E-state index in [0.717, 1.165) is 41.1 Å². The van der Waals surface area contributed by atoms with Crippen LogP contribution in [0.4, 0.5) is 11.5 Å². The van der Waals surface area contributed by atoms with Crippen molar-refractivity contribution in [3.8, 4) is 11.4 Å². The lowest BCUT2D eigenvalue weighted by Crippen LogP contribution is -2.56. The highest BCUT2D eigenvalue weighted by atomic mass is 16.5. The summed E-state index contributed by atoms with van der Waals surface area (Å²) >= 11 is 0. The second-order valence-electron chi connectivity index (χ2n) is 7.12. The highest BCUT2D eigenvalue weighted by molar-refractivity contribution is 5.94. The number of H-pyrrole nitrogens is 1. The predicted octanol–water partition coefficient (Wildman–Crippen LogP) is 1.40. The minimum atomic E-state index is -0.0303. The van der Waals surface area contributed by atoms with Gasteiger partial charge in [-0.2, -0.15) is 0 Å². The molecule has 28 heavy (non-hydrogen) atoms. The van der Waals surface area contributed by atoms with Gasteiger partial charge in [0.25, 0.3) is 0 Å². The van der Waals surface area contributed by atoms with Gasteiger partial charge in [-0.05, 0) is 12.1 Å². The molecule has 1 aromatic carbocycles. The molecule has 0 aliphatic carbocycles. The number of aromatic amines is 1. The van der Waals surface area contributed by atoms with E-state index in [-0.39, 0.29) is 18.5 Å². The van der Waals surface area contributed by atoms with Gasteiger partial charge >= 0.3 is 0 Å². The number of morpholine rings is 1. The van der Waals surface area contributed by atoms with Gasteiger partial charge in [0.05, 0.1) is 37.7 Å². The molecule has 2 N–H and O–H groups in total. The molecule has 0 radical (unpaired) electrons. The molecule has 2 aliphatic rings. The van der Waals surface area contributed by atoms with E-state index >= 15 is 0 Å². The number of hydrogen-bond donors (Lipinski definition) is 2. The van der Waals surface area contributed by atoms with Crippen molar-refractivity contribution in [1.29, 1.82) is 0 Å². The molecule has 2 aliphatic heterocycles. The first-order valence-electron chi connectivity index (χ1n) is 9.48. The van der Waals surface area contributed by atoms with Gasteiger partial charge in [-0.25, -0.2) is 9.97 Å². The SMILES string of the molecule is CNC(=O)CN1CC2COCCN2c2nc(-c3cccc4[nH]ccc34)ncc21. The van der Waals surface area contributed by atoms with Crippen LogP contribution in [0.15, 0.2) is 36.7 Å². The van der Waals surface area contributed by atoms with Crippen molar-refractivity contribution >= 4 is 28.3 Å². The van der Waals surface area contributed by atoms with Gasteiger partial charge < -0.3 is 24.8 Å². The number of nitrogens with zero attached hydrogens (tertiary/aromatic N) is 4. The second kappa shape index (κ2) is 6.79. The molecule has 0 spiro atoms. The van der Waals surface area contributed by atoms with Crippen LogP contribution in [0.5, 0.6) is 0 Å². The Kier molecular flexibility index (Phi) is 4.12. The monoisotopic (exact) mass is 378 g/mol. The number of fused-ring (bicyclic) bond motifs is 4. The van der Waals surface area contributed by atoms with Gasteiger partial charge in [-0.3, -0.25) is 4.79 Å². The lowest BCUT2D eigenvalue weighted by Gasteiger charge is -2.45. The second-order valence-corrected chi connectivity index (χ2v) is 7.12. The Morgan fingerprint density at radius 2 is 2.32 bits per heavy atom. The van der Waals surface area contributed by atoms with Crippen molar-refractivity contribution in [3.05, 3.63) is 36.7 Å². The van der Waals surface area contributed by atoms with Crippen molar-refractivity contribution in [1.82, 2.24) is 20.3 Å². The third-order valence-electron chi connectivity index (χ3n) is 5.47. The molecule has 1 unspecified atom stereocenters. The largest absolute Gasteiger partial charge is 0.377 e. The van der Waals surface area contributed by atoms with Crippen LogP contribution in [0.3, 0.4) is 0 Å². The number of hydrogen-bond acceptors (Lipinski definition) is 6. The van der Waals surface area contributed by atoms with E-state index in [1.807, 2.05) is 41.6 Å². The standard InChI is InChI=1S/C20H22N6O2/c1-21-18(27)11-25-10-13-12-28-8-7-26(13)20-17(25)9-23-19(24-20)15-3-2-4-16-14(15)5-6-22-16/h2-6,9,13,22H,7-8,10-12H2,1H3,(H,21,27). The maximum atomic E-state index is 12.0. The summed E-state index contributed by atoms with van der Waals surface area (Å²) in [5, 5.41) is 3.80. The number of amides is 1. The first-order chi connectivity index (χ1) is 13.7. The maximum Gasteiger partial charge on any atom is 0.239 e. The van der Waals surface area contributed by atoms with Crippen LogP contribution in [0.2, 0.25) is 0 Å². The van der Waals surface area contributed by atoms with E-state index in [0.29, 0.717) is 19.0 Å². The van der Waals surface area contributed by atoms with Crippen molar-refractivity contribution in [2.45, 2.75) is 6.04 Å². The summed E-state index contributed by atoms with van der Waals surface area (Å²) in [7, 11) is 1.65. The summed E-state index contributed by atoms with van der Waals surface area (Å²) in [4.78, 5) is 29.2. The molecule has 144 valence electrons. The maximum absolute atomic E-state index is 12.0.